The zero-order valence-electron chi connectivity index (χ0n) is 23.5. The van der Waals surface area contributed by atoms with Gasteiger partial charge in [0.2, 0.25) is 5.82 Å². The lowest BCUT2D eigenvalue weighted by Crippen LogP contribution is -2.21. The van der Waals surface area contributed by atoms with Gasteiger partial charge in [-0.15, -0.1) is 0 Å². The van der Waals surface area contributed by atoms with Crippen LogP contribution in [0.1, 0.15) is 11.1 Å². The Labute approximate surface area is 264 Å². The third-order valence-electron chi connectivity index (χ3n) is 6.79. The molecule has 0 atom stereocenters. The van der Waals surface area contributed by atoms with Gasteiger partial charge in [-0.25, -0.2) is 4.98 Å². The van der Waals surface area contributed by atoms with E-state index in [-0.39, 0.29) is 40.4 Å². The first-order valence-corrected chi connectivity index (χ1v) is 14.6. The molecule has 0 bridgehead atoms. The molecule has 9 nitrogen and oxygen atoms in total. The molecule has 1 N–H and O–H groups in total. The molecule has 0 radical (unpaired) electrons. The van der Waals surface area contributed by atoms with Crippen LogP contribution in [-0.2, 0) is 4.79 Å². The molecule has 0 aliphatic rings. The topological polar surface area (TPSA) is 108 Å². The molecule has 0 unspecified atom stereocenters. The number of hydrogen-bond acceptors (Lipinski definition) is 7. The highest BCUT2D eigenvalue weighted by atomic mass is 79.9. The number of carbonyl (C=O) groups excluding carboxylic acids is 1. The van der Waals surface area contributed by atoms with Gasteiger partial charge in [-0.05, 0) is 72.6 Å². The van der Waals surface area contributed by atoms with Gasteiger partial charge in [-0.3, -0.25) is 9.59 Å². The molecule has 0 fully saturated rings. The number of aryl methyl sites for hydroxylation is 1. The Morgan fingerprint density at radius 2 is 1.89 bits per heavy atom. The molecule has 2 heterocycles. The molecule has 44 heavy (non-hydrogen) atoms. The molecule has 0 aliphatic heterocycles. The van der Waals surface area contributed by atoms with Crippen LogP contribution in [0, 0.1) is 6.92 Å². The van der Waals surface area contributed by atoms with Crippen molar-refractivity contribution in [2.75, 3.05) is 19.0 Å². The molecule has 220 valence electrons. The van der Waals surface area contributed by atoms with E-state index in [1.807, 2.05) is 61.5 Å². The fourth-order valence-corrected chi connectivity index (χ4v) is 5.28. The Kier molecular flexibility index (Phi) is 8.19. The predicted molar refractivity (Wildman–Crippen MR) is 175 cm³/mol. The third kappa shape index (κ3) is 5.95. The molecule has 6 rings (SSSR count). The van der Waals surface area contributed by atoms with Gasteiger partial charge in [-0.2, -0.15) is 9.78 Å². The van der Waals surface area contributed by atoms with Crippen LogP contribution in [0.2, 0.25) is 5.02 Å². The van der Waals surface area contributed by atoms with Crippen molar-refractivity contribution in [3.05, 3.63) is 116 Å². The first-order chi connectivity index (χ1) is 21.3. The van der Waals surface area contributed by atoms with Gasteiger partial charge in [0.15, 0.2) is 23.9 Å². The average molecular weight is 672 g/mol. The summed E-state index contributed by atoms with van der Waals surface area (Å²) in [5, 5.41) is 8.75. The number of halogens is 2. The van der Waals surface area contributed by atoms with E-state index < -0.39 is 0 Å². The molecule has 0 saturated heterocycles. The van der Waals surface area contributed by atoms with Crippen molar-refractivity contribution in [3.63, 3.8) is 0 Å². The molecule has 0 saturated carbocycles. The largest absolute Gasteiger partial charge is 0.493 e. The summed E-state index contributed by atoms with van der Waals surface area (Å²) in [6.07, 6.45) is 1.46. The van der Waals surface area contributed by atoms with E-state index in [1.165, 1.54) is 18.0 Å². The molecule has 11 heteroatoms. The number of para-hydroxylation sites is 2. The first kappa shape index (κ1) is 29.2. The Morgan fingerprint density at radius 3 is 2.70 bits per heavy atom. The van der Waals surface area contributed by atoms with Gasteiger partial charge >= 0.3 is 0 Å². The highest BCUT2D eigenvalue weighted by molar-refractivity contribution is 9.10. The fraction of sp³-hybridized carbons (Fsp3) is 0.0909. The number of benzene rings is 4. The van der Waals surface area contributed by atoms with Crippen LogP contribution in [0.4, 0.5) is 5.69 Å². The molecular weight excluding hydrogens is 648 g/mol. The van der Waals surface area contributed by atoms with Crippen LogP contribution in [0.25, 0.3) is 33.5 Å². The van der Waals surface area contributed by atoms with Crippen LogP contribution in [0.5, 0.6) is 11.5 Å². The van der Waals surface area contributed by atoms with Gasteiger partial charge in [0.25, 0.3) is 11.5 Å². The number of aromatic nitrogens is 2. The quantitative estimate of drug-likeness (QED) is 0.169. The average Bonchev–Trinajstić information content (AvgIpc) is 3.44. The lowest BCUT2D eigenvalue weighted by Gasteiger charge is -2.14. The SMILES string of the molecule is COc1cc(C=Nn2c(-c3cc4cc(Br)ccc4o3)nc3ccccc3c2=O)cc(Cl)c1OCC(=O)Nc1ccccc1C. The molecule has 0 aliphatic carbocycles. The van der Waals surface area contributed by atoms with Crippen molar-refractivity contribution in [1.82, 2.24) is 9.66 Å². The highest BCUT2D eigenvalue weighted by Crippen LogP contribution is 2.36. The number of carbonyl (C=O) groups is 1. The van der Waals surface area contributed by atoms with E-state index in [4.69, 9.17) is 30.5 Å². The smallest absolute Gasteiger partial charge is 0.282 e. The zero-order chi connectivity index (χ0) is 30.8. The van der Waals surface area contributed by atoms with Crippen LogP contribution in [0.3, 0.4) is 0 Å². The van der Waals surface area contributed by atoms with Crippen molar-refractivity contribution < 1.29 is 18.7 Å². The van der Waals surface area contributed by atoms with Crippen LogP contribution in [-0.4, -0.2) is 35.5 Å². The van der Waals surface area contributed by atoms with Gasteiger partial charge in [0, 0.05) is 15.5 Å². The van der Waals surface area contributed by atoms with Crippen LogP contribution in [0.15, 0.2) is 104 Å². The Bertz CT molecular complexity index is 2140. The fourth-order valence-electron chi connectivity index (χ4n) is 4.63. The normalized spacial score (nSPS) is 11.4. The number of nitrogens with zero attached hydrogens (tertiary/aromatic N) is 3. The summed E-state index contributed by atoms with van der Waals surface area (Å²) in [7, 11) is 1.46. The molecule has 0 spiro atoms. The minimum Gasteiger partial charge on any atom is -0.493 e. The Hall–Kier alpha value is -4.93. The number of rotatable bonds is 8. The molecule has 6 aromatic rings. The number of anilines is 1. The van der Waals surface area contributed by atoms with E-state index in [0.717, 1.165) is 15.4 Å². The minimum absolute atomic E-state index is 0.196. The molecular formula is C33H24BrClN4O5. The van der Waals surface area contributed by atoms with Crippen LogP contribution < -0.4 is 20.3 Å². The Morgan fingerprint density at radius 1 is 1.09 bits per heavy atom. The summed E-state index contributed by atoms with van der Waals surface area (Å²) in [4.78, 5) is 30.9. The number of amides is 1. The summed E-state index contributed by atoms with van der Waals surface area (Å²) in [6.45, 7) is 1.62. The number of hydrogen-bond donors (Lipinski definition) is 1. The van der Waals surface area contributed by atoms with Crippen molar-refractivity contribution in [2.24, 2.45) is 5.10 Å². The number of nitrogens with one attached hydrogen (secondary N) is 1. The Balaban J connectivity index is 1.32. The number of ether oxygens (including phenoxy) is 2. The lowest BCUT2D eigenvalue weighted by molar-refractivity contribution is -0.118. The maximum absolute atomic E-state index is 13.6. The summed E-state index contributed by atoms with van der Waals surface area (Å²) in [6, 6.07) is 25.1. The summed E-state index contributed by atoms with van der Waals surface area (Å²) in [5.41, 5.74) is 2.92. The second-order valence-corrected chi connectivity index (χ2v) is 11.1. The maximum atomic E-state index is 13.6. The molecule has 1 amide bonds. The standard InChI is InChI=1S/C33H24BrClN4O5/c1-19-7-3-5-9-25(19)37-30(40)18-43-31-24(35)13-20(14-28(31)42-2)17-36-39-32(38-26-10-6-4-8-23(26)33(39)41)29-16-21-15-22(34)11-12-27(21)44-29/h3-17H,18H2,1-2H3,(H,37,40). The molecule has 2 aromatic heterocycles. The monoisotopic (exact) mass is 670 g/mol. The zero-order valence-corrected chi connectivity index (χ0v) is 25.8. The number of fused-ring (bicyclic) bond motifs is 2. The van der Waals surface area contributed by atoms with Crippen molar-refractivity contribution in [1.29, 1.82) is 0 Å². The van der Waals surface area contributed by atoms with E-state index in [9.17, 15) is 9.59 Å². The predicted octanol–water partition coefficient (Wildman–Crippen LogP) is 7.44. The van der Waals surface area contributed by atoms with Gasteiger partial charge < -0.3 is 19.2 Å². The highest BCUT2D eigenvalue weighted by Gasteiger charge is 2.18. The maximum Gasteiger partial charge on any atom is 0.282 e. The van der Waals surface area contributed by atoms with Gasteiger partial charge in [0.1, 0.15) is 5.58 Å². The van der Waals surface area contributed by atoms with Crippen molar-refractivity contribution in [2.45, 2.75) is 6.92 Å². The number of methoxy groups -OCH3 is 1. The second-order valence-electron chi connectivity index (χ2n) is 9.79. The van der Waals surface area contributed by atoms with Crippen molar-refractivity contribution in [3.8, 4) is 23.1 Å². The summed E-state index contributed by atoms with van der Waals surface area (Å²) in [5.74, 6) is 0.743. The van der Waals surface area contributed by atoms with Gasteiger partial charge in [0.05, 0.1) is 29.2 Å². The number of furan rings is 1. The third-order valence-corrected chi connectivity index (χ3v) is 7.57. The van der Waals surface area contributed by atoms with E-state index in [1.54, 1.807) is 30.3 Å². The van der Waals surface area contributed by atoms with Gasteiger partial charge in [-0.1, -0.05) is 57.9 Å². The lowest BCUT2D eigenvalue weighted by atomic mass is 10.2. The first-order valence-electron chi connectivity index (χ1n) is 13.4. The summed E-state index contributed by atoms with van der Waals surface area (Å²) < 4.78 is 19.4. The molecule has 4 aromatic carbocycles. The summed E-state index contributed by atoms with van der Waals surface area (Å²) >= 11 is 10.0. The van der Waals surface area contributed by atoms with Crippen LogP contribution >= 0.6 is 27.5 Å². The van der Waals surface area contributed by atoms with E-state index in [2.05, 4.69) is 26.3 Å². The van der Waals surface area contributed by atoms with E-state index >= 15 is 0 Å². The van der Waals surface area contributed by atoms with E-state index in [0.29, 0.717) is 33.5 Å². The second kappa shape index (κ2) is 12.4. The van der Waals surface area contributed by atoms with Crippen molar-refractivity contribution >= 4 is 67.2 Å². The minimum atomic E-state index is -0.374.